The third-order valence-electron chi connectivity index (χ3n) is 2.63. The molecule has 2 rings (SSSR count). The number of nitrogens with zero attached hydrogens (tertiary/aromatic N) is 1. The van der Waals surface area contributed by atoms with Crippen LogP contribution in [0.2, 0.25) is 8.67 Å². The number of halogens is 2. The summed E-state index contributed by atoms with van der Waals surface area (Å²) >= 11 is 13.7. The number of hydrogen-bond donors (Lipinski definition) is 1. The van der Waals surface area contributed by atoms with Crippen LogP contribution >= 0.6 is 34.5 Å². The number of aromatic nitrogens is 1. The van der Waals surface area contributed by atoms with Crippen molar-refractivity contribution in [3.63, 3.8) is 0 Å². The van der Waals surface area contributed by atoms with E-state index in [1.54, 1.807) is 12.4 Å². The standard InChI is InChI=1S/C13H14Cl2N2S/c1-2-5-17-12(9-3-6-16-7-4-9)10-8-11(14)18-13(10)15/h3-4,6-8,12,17H,2,5H2,1H3. The van der Waals surface area contributed by atoms with Gasteiger partial charge in [-0.2, -0.15) is 0 Å². The quantitative estimate of drug-likeness (QED) is 0.877. The van der Waals surface area contributed by atoms with Crippen molar-refractivity contribution in [1.29, 1.82) is 0 Å². The second kappa shape index (κ2) is 6.53. The third-order valence-corrected chi connectivity index (χ3v) is 4.15. The van der Waals surface area contributed by atoms with Crippen molar-refractivity contribution in [2.24, 2.45) is 0 Å². The molecule has 0 aromatic carbocycles. The Hall–Kier alpha value is -0.610. The van der Waals surface area contributed by atoms with Gasteiger partial charge in [0.2, 0.25) is 0 Å². The van der Waals surface area contributed by atoms with E-state index in [4.69, 9.17) is 23.2 Å². The summed E-state index contributed by atoms with van der Waals surface area (Å²) < 4.78 is 1.46. The van der Waals surface area contributed by atoms with Crippen LogP contribution in [-0.4, -0.2) is 11.5 Å². The lowest BCUT2D eigenvalue weighted by Gasteiger charge is -2.18. The Balaban J connectivity index is 2.34. The van der Waals surface area contributed by atoms with Crippen LogP contribution in [0.1, 0.15) is 30.5 Å². The number of rotatable bonds is 5. The summed E-state index contributed by atoms with van der Waals surface area (Å²) in [5.74, 6) is 0. The predicted molar refractivity (Wildman–Crippen MR) is 78.7 cm³/mol. The van der Waals surface area contributed by atoms with Crippen LogP contribution in [0.15, 0.2) is 30.6 Å². The topological polar surface area (TPSA) is 24.9 Å². The van der Waals surface area contributed by atoms with E-state index in [0.29, 0.717) is 4.34 Å². The number of pyridine rings is 1. The largest absolute Gasteiger partial charge is 0.306 e. The molecule has 96 valence electrons. The highest BCUT2D eigenvalue weighted by Gasteiger charge is 2.18. The van der Waals surface area contributed by atoms with E-state index in [2.05, 4.69) is 17.2 Å². The van der Waals surface area contributed by atoms with Crippen molar-refractivity contribution >= 4 is 34.5 Å². The molecule has 0 aliphatic rings. The first-order valence-corrected chi connectivity index (χ1v) is 7.37. The highest BCUT2D eigenvalue weighted by Crippen LogP contribution is 2.37. The molecule has 2 aromatic heterocycles. The molecule has 1 atom stereocenters. The fourth-order valence-corrected chi connectivity index (χ4v) is 3.33. The van der Waals surface area contributed by atoms with E-state index in [-0.39, 0.29) is 6.04 Å². The highest BCUT2D eigenvalue weighted by atomic mass is 35.5. The Morgan fingerprint density at radius 3 is 2.61 bits per heavy atom. The minimum Gasteiger partial charge on any atom is -0.306 e. The van der Waals surface area contributed by atoms with Crippen LogP contribution in [0.4, 0.5) is 0 Å². The normalized spacial score (nSPS) is 12.6. The van der Waals surface area contributed by atoms with Gasteiger partial charge in [0.05, 0.1) is 14.7 Å². The van der Waals surface area contributed by atoms with E-state index >= 15 is 0 Å². The zero-order valence-electron chi connectivity index (χ0n) is 9.99. The summed E-state index contributed by atoms with van der Waals surface area (Å²) in [6.07, 6.45) is 4.65. The SMILES string of the molecule is CCCNC(c1ccncc1)c1cc(Cl)sc1Cl. The molecular formula is C13H14Cl2N2S. The Kier molecular flexibility index (Phi) is 5.01. The molecule has 2 nitrogen and oxygen atoms in total. The molecule has 0 fully saturated rings. The van der Waals surface area contributed by atoms with Gasteiger partial charge >= 0.3 is 0 Å². The van der Waals surface area contributed by atoms with Gasteiger partial charge in [-0.05, 0) is 36.7 Å². The van der Waals surface area contributed by atoms with Crippen molar-refractivity contribution in [2.75, 3.05) is 6.54 Å². The van der Waals surface area contributed by atoms with Gasteiger partial charge in [0, 0.05) is 18.0 Å². The van der Waals surface area contributed by atoms with Crippen LogP contribution in [0.5, 0.6) is 0 Å². The van der Waals surface area contributed by atoms with Gasteiger partial charge in [0.1, 0.15) is 0 Å². The lowest BCUT2D eigenvalue weighted by atomic mass is 10.0. The lowest BCUT2D eigenvalue weighted by molar-refractivity contribution is 0.599. The van der Waals surface area contributed by atoms with Crippen molar-refractivity contribution < 1.29 is 0 Å². The Labute approximate surface area is 121 Å². The molecule has 2 aromatic rings. The predicted octanol–water partition coefficient (Wildman–Crippen LogP) is 4.54. The summed E-state index contributed by atoms with van der Waals surface area (Å²) in [7, 11) is 0. The smallest absolute Gasteiger partial charge is 0.0995 e. The molecule has 5 heteroatoms. The van der Waals surface area contributed by atoms with Crippen molar-refractivity contribution in [1.82, 2.24) is 10.3 Å². The summed E-state index contributed by atoms with van der Waals surface area (Å²) in [6, 6.07) is 6.00. The van der Waals surface area contributed by atoms with Gasteiger partial charge in [0.15, 0.2) is 0 Å². The fraction of sp³-hybridized carbons (Fsp3) is 0.308. The second-order valence-corrected chi connectivity index (χ2v) is 6.23. The van der Waals surface area contributed by atoms with Gasteiger partial charge in [-0.25, -0.2) is 0 Å². The van der Waals surface area contributed by atoms with E-state index in [9.17, 15) is 0 Å². The maximum absolute atomic E-state index is 6.25. The molecule has 0 spiro atoms. The summed E-state index contributed by atoms with van der Waals surface area (Å²) in [4.78, 5) is 4.05. The zero-order chi connectivity index (χ0) is 13.0. The lowest BCUT2D eigenvalue weighted by Crippen LogP contribution is -2.23. The molecule has 0 aliphatic heterocycles. The molecule has 0 radical (unpaired) electrons. The third kappa shape index (κ3) is 3.23. The van der Waals surface area contributed by atoms with Gasteiger partial charge in [0.25, 0.3) is 0 Å². The van der Waals surface area contributed by atoms with Gasteiger partial charge in [-0.15, -0.1) is 11.3 Å². The van der Waals surface area contributed by atoms with Crippen molar-refractivity contribution in [3.8, 4) is 0 Å². The molecular weight excluding hydrogens is 287 g/mol. The average Bonchev–Trinajstić information content (AvgIpc) is 2.70. The average molecular weight is 301 g/mol. The van der Waals surface area contributed by atoms with Crippen LogP contribution < -0.4 is 5.32 Å². The molecule has 0 aliphatic carbocycles. The molecule has 2 heterocycles. The van der Waals surface area contributed by atoms with Crippen LogP contribution in [0, 0.1) is 0 Å². The first-order valence-electron chi connectivity index (χ1n) is 5.80. The molecule has 1 unspecified atom stereocenters. The number of thiophene rings is 1. The molecule has 0 saturated carbocycles. The van der Waals surface area contributed by atoms with Gasteiger partial charge < -0.3 is 5.32 Å². The molecule has 0 bridgehead atoms. The Morgan fingerprint density at radius 2 is 2.06 bits per heavy atom. The Bertz CT molecular complexity index is 499. The molecule has 0 amide bonds. The number of hydrogen-bond acceptors (Lipinski definition) is 3. The van der Waals surface area contributed by atoms with Gasteiger partial charge in [-0.3, -0.25) is 4.98 Å². The maximum atomic E-state index is 6.25. The van der Waals surface area contributed by atoms with Crippen LogP contribution in [-0.2, 0) is 0 Å². The minimum absolute atomic E-state index is 0.0733. The molecule has 18 heavy (non-hydrogen) atoms. The summed E-state index contributed by atoms with van der Waals surface area (Å²) in [5, 5.41) is 3.49. The van der Waals surface area contributed by atoms with E-state index in [1.807, 2.05) is 18.2 Å². The first-order chi connectivity index (χ1) is 8.72. The van der Waals surface area contributed by atoms with Crippen molar-refractivity contribution in [3.05, 3.63) is 50.4 Å². The van der Waals surface area contributed by atoms with Gasteiger partial charge in [-0.1, -0.05) is 30.1 Å². The van der Waals surface area contributed by atoms with E-state index < -0.39 is 0 Å². The number of nitrogens with one attached hydrogen (secondary N) is 1. The molecule has 1 N–H and O–H groups in total. The van der Waals surface area contributed by atoms with E-state index in [1.165, 1.54) is 11.3 Å². The monoisotopic (exact) mass is 300 g/mol. The maximum Gasteiger partial charge on any atom is 0.0995 e. The minimum atomic E-state index is 0.0733. The molecule has 0 saturated heterocycles. The summed E-state index contributed by atoms with van der Waals surface area (Å²) in [6.45, 7) is 3.07. The second-order valence-electron chi connectivity index (χ2n) is 3.95. The van der Waals surface area contributed by atoms with Crippen molar-refractivity contribution in [2.45, 2.75) is 19.4 Å². The Morgan fingerprint density at radius 1 is 1.33 bits per heavy atom. The van der Waals surface area contributed by atoms with E-state index in [0.717, 1.165) is 28.4 Å². The van der Waals surface area contributed by atoms with Crippen LogP contribution in [0.3, 0.4) is 0 Å². The fourth-order valence-electron chi connectivity index (χ4n) is 1.80. The summed E-state index contributed by atoms with van der Waals surface area (Å²) in [5.41, 5.74) is 2.18. The zero-order valence-corrected chi connectivity index (χ0v) is 12.3. The highest BCUT2D eigenvalue weighted by molar-refractivity contribution is 7.20. The first kappa shape index (κ1) is 13.8. The van der Waals surface area contributed by atoms with Crippen LogP contribution in [0.25, 0.3) is 0 Å².